The van der Waals surface area contributed by atoms with Gasteiger partial charge in [0.05, 0.1) is 28.0 Å². The predicted molar refractivity (Wildman–Crippen MR) is 143 cm³/mol. The maximum absolute atomic E-state index is 14.4. The molecule has 0 radical (unpaired) electrons. The molecule has 2 aliphatic rings. The first-order valence-electron chi connectivity index (χ1n) is 12.5. The van der Waals surface area contributed by atoms with Gasteiger partial charge in [0.15, 0.2) is 11.5 Å². The molecule has 1 aromatic heterocycles. The fourth-order valence-corrected chi connectivity index (χ4v) is 5.50. The molecule has 1 N–H and O–H groups in total. The van der Waals surface area contributed by atoms with E-state index < -0.39 is 0 Å². The lowest BCUT2D eigenvalue weighted by Crippen LogP contribution is -2.47. The molecule has 1 fully saturated rings. The number of piperazine rings is 1. The number of anilines is 4. The van der Waals surface area contributed by atoms with Crippen molar-refractivity contribution in [1.29, 1.82) is 0 Å². The minimum Gasteiger partial charge on any atom is -0.366 e. The Morgan fingerprint density at radius 2 is 1.50 bits per heavy atom. The number of rotatable bonds is 4. The van der Waals surface area contributed by atoms with Crippen LogP contribution in [0.2, 0.25) is 0 Å². The van der Waals surface area contributed by atoms with Gasteiger partial charge in [-0.3, -0.25) is 4.79 Å². The predicted octanol–water partition coefficient (Wildman–Crippen LogP) is 6.39. The Balaban J connectivity index is 1.34. The minimum absolute atomic E-state index is 0.142. The molecule has 5 aromatic rings. The zero-order valence-corrected chi connectivity index (χ0v) is 20.2. The molecule has 1 aliphatic heterocycles. The summed E-state index contributed by atoms with van der Waals surface area (Å²) in [5, 5.41) is 8.34. The molecule has 1 aliphatic carbocycles. The molecule has 6 nitrogen and oxygen atoms in total. The number of hydrogen-bond donors (Lipinski definition) is 1. The summed E-state index contributed by atoms with van der Waals surface area (Å²) in [5.41, 5.74) is 4.76. The highest BCUT2D eigenvalue weighted by molar-refractivity contribution is 6.28. The maximum Gasteiger partial charge on any atom is 0.196 e. The lowest BCUT2D eigenvalue weighted by molar-refractivity contribution is 0.104. The monoisotopic (exact) mass is 508 g/mol. The first-order chi connectivity index (χ1) is 18.6. The van der Waals surface area contributed by atoms with Gasteiger partial charge in [0.25, 0.3) is 0 Å². The number of halogens is 2. The third-order valence-electron chi connectivity index (χ3n) is 7.30. The summed E-state index contributed by atoms with van der Waals surface area (Å²) in [5.74, 6) is -0.221. The molecule has 7 rings (SSSR count). The molecule has 1 saturated heterocycles. The van der Waals surface area contributed by atoms with Crippen LogP contribution in [0.5, 0.6) is 0 Å². The minimum atomic E-state index is -0.378. The van der Waals surface area contributed by atoms with Crippen molar-refractivity contribution in [3.63, 3.8) is 0 Å². The van der Waals surface area contributed by atoms with Gasteiger partial charge in [0.2, 0.25) is 0 Å². The lowest BCUT2D eigenvalue weighted by atomic mass is 9.86. The quantitative estimate of drug-likeness (QED) is 0.298. The summed E-state index contributed by atoms with van der Waals surface area (Å²) in [6.45, 7) is 2.47. The van der Waals surface area contributed by atoms with E-state index in [4.69, 9.17) is 4.52 Å². The van der Waals surface area contributed by atoms with Gasteiger partial charge >= 0.3 is 0 Å². The molecule has 0 amide bonds. The second kappa shape index (κ2) is 8.69. The topological polar surface area (TPSA) is 61.6 Å². The van der Waals surface area contributed by atoms with Crippen molar-refractivity contribution in [2.45, 2.75) is 0 Å². The van der Waals surface area contributed by atoms with Crippen molar-refractivity contribution < 1.29 is 18.1 Å². The molecule has 0 unspecified atom stereocenters. The van der Waals surface area contributed by atoms with Crippen molar-refractivity contribution >= 4 is 39.4 Å². The van der Waals surface area contributed by atoms with E-state index in [1.54, 1.807) is 30.3 Å². The number of aromatic nitrogens is 1. The lowest BCUT2D eigenvalue weighted by Gasteiger charge is -2.37. The van der Waals surface area contributed by atoms with Crippen molar-refractivity contribution in [1.82, 2.24) is 5.16 Å². The number of carbonyl (C=O) groups is 1. The van der Waals surface area contributed by atoms with Crippen LogP contribution in [0.15, 0.2) is 83.4 Å². The van der Waals surface area contributed by atoms with Gasteiger partial charge in [-0.15, -0.1) is 0 Å². The third kappa shape index (κ3) is 3.52. The van der Waals surface area contributed by atoms with Crippen LogP contribution in [-0.2, 0) is 0 Å². The molecule has 0 saturated carbocycles. The molecule has 0 spiro atoms. The van der Waals surface area contributed by atoms with Gasteiger partial charge in [-0.1, -0.05) is 47.6 Å². The number of hydrogen-bond acceptors (Lipinski definition) is 6. The normalized spacial score (nSPS) is 14.6. The Hall–Kier alpha value is -4.72. The third-order valence-corrected chi connectivity index (χ3v) is 7.30. The Morgan fingerprint density at radius 3 is 2.26 bits per heavy atom. The molecular formula is C30H22F2N4O2. The van der Waals surface area contributed by atoms with E-state index in [0.29, 0.717) is 76.6 Å². The Labute approximate surface area is 217 Å². The van der Waals surface area contributed by atoms with E-state index in [2.05, 4.69) is 15.4 Å². The molecule has 8 heteroatoms. The number of ketones is 1. The van der Waals surface area contributed by atoms with Crippen LogP contribution in [0, 0.1) is 11.6 Å². The van der Waals surface area contributed by atoms with Gasteiger partial charge in [-0.05, 0) is 36.4 Å². The standard InChI is InChI=1S/C30H22F2N4O2/c31-18-6-5-7-19(16-18)33-23-17-25(36-14-12-35(13-15-36)24-11-4-3-10-22(24)32)28-27-26(23)29(37)20-8-1-2-9-21(20)30(27)38-34-28/h1-11,16-17,33H,12-15H2. The smallest absolute Gasteiger partial charge is 0.196 e. The molecule has 38 heavy (non-hydrogen) atoms. The summed E-state index contributed by atoms with van der Waals surface area (Å²) in [6.07, 6.45) is 0. The van der Waals surface area contributed by atoms with Crippen molar-refractivity contribution in [3.8, 4) is 11.3 Å². The zero-order valence-electron chi connectivity index (χ0n) is 20.2. The average molecular weight is 509 g/mol. The molecule has 4 aromatic carbocycles. The van der Waals surface area contributed by atoms with Crippen molar-refractivity contribution in [2.75, 3.05) is 41.3 Å². The molecule has 2 heterocycles. The van der Waals surface area contributed by atoms with Crippen molar-refractivity contribution in [2.24, 2.45) is 0 Å². The van der Waals surface area contributed by atoms with Gasteiger partial charge in [-0.25, -0.2) is 8.78 Å². The van der Waals surface area contributed by atoms with E-state index in [0.717, 1.165) is 5.69 Å². The first kappa shape index (κ1) is 22.5. The van der Waals surface area contributed by atoms with Gasteiger partial charge < -0.3 is 19.6 Å². The SMILES string of the molecule is O=C1c2ccccc2-c2onc3c(N4CCN(c5ccccc5F)CC4)cc(Nc4cccc(F)c4)c1c23. The highest BCUT2D eigenvalue weighted by Crippen LogP contribution is 2.46. The van der Waals surface area contributed by atoms with E-state index in [-0.39, 0.29) is 17.4 Å². The van der Waals surface area contributed by atoms with E-state index >= 15 is 0 Å². The van der Waals surface area contributed by atoms with Crippen LogP contribution in [0.1, 0.15) is 15.9 Å². The average Bonchev–Trinajstić information content (AvgIpc) is 3.38. The summed E-state index contributed by atoms with van der Waals surface area (Å²) >= 11 is 0. The fourth-order valence-electron chi connectivity index (χ4n) is 5.50. The Kier molecular flexibility index (Phi) is 5.14. The second-order valence-electron chi connectivity index (χ2n) is 9.49. The number of nitrogens with one attached hydrogen (secondary N) is 1. The number of carbonyl (C=O) groups excluding carboxylic acids is 1. The van der Waals surface area contributed by atoms with E-state index in [1.807, 2.05) is 35.2 Å². The Morgan fingerprint density at radius 1 is 0.789 bits per heavy atom. The van der Waals surface area contributed by atoms with Crippen LogP contribution in [-0.4, -0.2) is 37.1 Å². The van der Waals surface area contributed by atoms with Crippen LogP contribution in [0.25, 0.3) is 22.2 Å². The fraction of sp³-hybridized carbons (Fsp3) is 0.133. The Bertz CT molecular complexity index is 1720. The van der Waals surface area contributed by atoms with Gasteiger partial charge in [0.1, 0.15) is 17.2 Å². The zero-order chi connectivity index (χ0) is 25.8. The van der Waals surface area contributed by atoms with Crippen LogP contribution in [0.3, 0.4) is 0 Å². The van der Waals surface area contributed by atoms with Crippen molar-refractivity contribution in [3.05, 3.63) is 102 Å². The van der Waals surface area contributed by atoms with Crippen LogP contribution >= 0.6 is 0 Å². The summed E-state index contributed by atoms with van der Waals surface area (Å²) in [6, 6.07) is 22.1. The van der Waals surface area contributed by atoms with Crippen LogP contribution in [0.4, 0.5) is 31.5 Å². The highest BCUT2D eigenvalue weighted by Gasteiger charge is 2.34. The number of fused-ring (bicyclic) bond motifs is 2. The van der Waals surface area contributed by atoms with Crippen LogP contribution < -0.4 is 15.1 Å². The highest BCUT2D eigenvalue weighted by atomic mass is 19.1. The number of para-hydroxylation sites is 1. The molecule has 0 atom stereocenters. The molecular weight excluding hydrogens is 486 g/mol. The number of nitrogens with zero attached hydrogens (tertiary/aromatic N) is 3. The second-order valence-corrected chi connectivity index (χ2v) is 9.49. The molecule has 188 valence electrons. The van der Waals surface area contributed by atoms with Gasteiger partial charge in [-0.2, -0.15) is 0 Å². The molecule has 0 bridgehead atoms. The largest absolute Gasteiger partial charge is 0.366 e. The maximum atomic E-state index is 14.4. The van der Waals surface area contributed by atoms with E-state index in [9.17, 15) is 13.6 Å². The summed E-state index contributed by atoms with van der Waals surface area (Å²) < 4.78 is 34.3. The van der Waals surface area contributed by atoms with Gasteiger partial charge in [0, 0.05) is 43.0 Å². The number of benzene rings is 4. The first-order valence-corrected chi connectivity index (χ1v) is 12.5. The summed E-state index contributed by atoms with van der Waals surface area (Å²) in [7, 11) is 0. The summed E-state index contributed by atoms with van der Waals surface area (Å²) in [4.78, 5) is 17.9. The van der Waals surface area contributed by atoms with E-state index in [1.165, 1.54) is 18.2 Å².